The number of benzene rings is 2. The SMILES string of the molecule is CC(=NNC(=O)c1ccccc1Cl)c1nc2ccccc2[nH]1. The lowest BCUT2D eigenvalue weighted by molar-refractivity contribution is 0.0955. The van der Waals surface area contributed by atoms with Crippen molar-refractivity contribution < 1.29 is 4.79 Å². The monoisotopic (exact) mass is 312 g/mol. The van der Waals surface area contributed by atoms with Crippen LogP contribution in [0.1, 0.15) is 23.1 Å². The maximum atomic E-state index is 12.0. The number of aromatic amines is 1. The first-order valence-electron chi connectivity index (χ1n) is 6.69. The highest BCUT2D eigenvalue weighted by Crippen LogP contribution is 2.14. The number of halogens is 1. The Labute approximate surface area is 132 Å². The number of hydrazone groups is 1. The number of fused-ring (bicyclic) bond motifs is 1. The van der Waals surface area contributed by atoms with Gasteiger partial charge in [0.25, 0.3) is 5.91 Å². The molecular weight excluding hydrogens is 300 g/mol. The van der Waals surface area contributed by atoms with E-state index in [9.17, 15) is 4.79 Å². The molecular formula is C16H13ClN4O. The van der Waals surface area contributed by atoms with Gasteiger partial charge in [0.05, 0.1) is 21.6 Å². The quantitative estimate of drug-likeness (QED) is 0.575. The van der Waals surface area contributed by atoms with E-state index in [2.05, 4.69) is 20.5 Å². The summed E-state index contributed by atoms with van der Waals surface area (Å²) in [6.07, 6.45) is 0. The van der Waals surface area contributed by atoms with Gasteiger partial charge in [-0.2, -0.15) is 5.10 Å². The minimum absolute atomic E-state index is 0.360. The van der Waals surface area contributed by atoms with E-state index in [0.717, 1.165) is 11.0 Å². The van der Waals surface area contributed by atoms with E-state index in [1.807, 2.05) is 24.3 Å². The molecule has 2 aromatic carbocycles. The first-order valence-corrected chi connectivity index (χ1v) is 7.07. The number of aromatic nitrogens is 2. The Hall–Kier alpha value is -2.66. The summed E-state index contributed by atoms with van der Waals surface area (Å²) in [5.41, 5.74) is 5.22. The molecule has 1 amide bonds. The average Bonchev–Trinajstić information content (AvgIpc) is 2.97. The van der Waals surface area contributed by atoms with Crippen LogP contribution in [0.5, 0.6) is 0 Å². The van der Waals surface area contributed by atoms with Crippen LogP contribution >= 0.6 is 11.6 Å². The third kappa shape index (κ3) is 2.84. The molecule has 1 aromatic heterocycles. The van der Waals surface area contributed by atoms with E-state index in [-0.39, 0.29) is 5.91 Å². The van der Waals surface area contributed by atoms with Crippen molar-refractivity contribution in [3.63, 3.8) is 0 Å². The molecule has 2 N–H and O–H groups in total. The normalized spacial score (nSPS) is 11.6. The number of hydrogen-bond donors (Lipinski definition) is 2. The second kappa shape index (κ2) is 5.99. The molecule has 0 radical (unpaired) electrons. The molecule has 0 aliphatic heterocycles. The summed E-state index contributed by atoms with van der Waals surface area (Å²) in [7, 11) is 0. The summed E-state index contributed by atoms with van der Waals surface area (Å²) in [5.74, 6) is 0.252. The number of rotatable bonds is 3. The minimum atomic E-state index is -0.360. The van der Waals surface area contributed by atoms with Gasteiger partial charge in [0.2, 0.25) is 0 Å². The molecule has 0 spiro atoms. The van der Waals surface area contributed by atoms with Gasteiger partial charge in [0.15, 0.2) is 5.82 Å². The molecule has 0 unspecified atom stereocenters. The van der Waals surface area contributed by atoms with E-state index < -0.39 is 0 Å². The van der Waals surface area contributed by atoms with Crippen molar-refractivity contribution in [1.82, 2.24) is 15.4 Å². The van der Waals surface area contributed by atoms with Crippen LogP contribution in [0.3, 0.4) is 0 Å². The highest BCUT2D eigenvalue weighted by molar-refractivity contribution is 6.33. The molecule has 0 saturated heterocycles. The van der Waals surface area contributed by atoms with E-state index in [1.54, 1.807) is 31.2 Å². The van der Waals surface area contributed by atoms with Gasteiger partial charge < -0.3 is 4.98 Å². The molecule has 3 rings (SSSR count). The van der Waals surface area contributed by atoms with Crippen LogP contribution in [0, 0.1) is 0 Å². The summed E-state index contributed by atoms with van der Waals surface area (Å²) in [4.78, 5) is 19.6. The van der Waals surface area contributed by atoms with Gasteiger partial charge in [-0.25, -0.2) is 10.4 Å². The number of hydrogen-bond acceptors (Lipinski definition) is 3. The van der Waals surface area contributed by atoms with Gasteiger partial charge in [-0.05, 0) is 31.2 Å². The van der Waals surface area contributed by atoms with Crippen molar-refractivity contribution in [3.05, 3.63) is 64.9 Å². The smallest absolute Gasteiger partial charge is 0.272 e. The van der Waals surface area contributed by atoms with Gasteiger partial charge in [-0.1, -0.05) is 35.9 Å². The van der Waals surface area contributed by atoms with Crippen molar-refractivity contribution >= 4 is 34.3 Å². The summed E-state index contributed by atoms with van der Waals surface area (Å²) in [5, 5.41) is 4.46. The van der Waals surface area contributed by atoms with Crippen LogP contribution in [-0.2, 0) is 0 Å². The molecule has 0 saturated carbocycles. The lowest BCUT2D eigenvalue weighted by atomic mass is 10.2. The van der Waals surface area contributed by atoms with Gasteiger partial charge in [-0.3, -0.25) is 4.79 Å². The summed E-state index contributed by atoms with van der Waals surface area (Å²) in [6.45, 7) is 1.77. The van der Waals surface area contributed by atoms with Gasteiger partial charge in [0, 0.05) is 0 Å². The van der Waals surface area contributed by atoms with Crippen molar-refractivity contribution in [2.45, 2.75) is 6.92 Å². The first kappa shape index (κ1) is 14.3. The lowest BCUT2D eigenvalue weighted by Crippen LogP contribution is -2.20. The molecule has 5 nitrogen and oxygen atoms in total. The molecule has 0 aliphatic carbocycles. The summed E-state index contributed by atoms with van der Waals surface area (Å²) in [6, 6.07) is 14.5. The molecule has 3 aromatic rings. The largest absolute Gasteiger partial charge is 0.337 e. The number of amides is 1. The zero-order chi connectivity index (χ0) is 15.5. The van der Waals surface area contributed by atoms with Crippen molar-refractivity contribution in [3.8, 4) is 0 Å². The topological polar surface area (TPSA) is 70.1 Å². The molecule has 0 aliphatic rings. The Kier molecular flexibility index (Phi) is 3.89. The number of carbonyl (C=O) groups is 1. The zero-order valence-corrected chi connectivity index (χ0v) is 12.6. The van der Waals surface area contributed by atoms with Crippen LogP contribution in [-0.4, -0.2) is 21.6 Å². The van der Waals surface area contributed by atoms with Crippen molar-refractivity contribution in [2.24, 2.45) is 5.10 Å². The van der Waals surface area contributed by atoms with Crippen LogP contribution in [0.4, 0.5) is 0 Å². The maximum Gasteiger partial charge on any atom is 0.272 e. The van der Waals surface area contributed by atoms with Gasteiger partial charge in [0.1, 0.15) is 5.71 Å². The molecule has 22 heavy (non-hydrogen) atoms. The fourth-order valence-corrected chi connectivity index (χ4v) is 2.24. The van der Waals surface area contributed by atoms with Crippen molar-refractivity contribution in [1.29, 1.82) is 0 Å². The maximum absolute atomic E-state index is 12.0. The third-order valence-corrected chi connectivity index (χ3v) is 3.51. The first-order chi connectivity index (χ1) is 10.6. The molecule has 0 fully saturated rings. The Morgan fingerprint density at radius 2 is 1.91 bits per heavy atom. The Balaban J connectivity index is 1.80. The summed E-state index contributed by atoms with van der Waals surface area (Å²) < 4.78 is 0. The average molecular weight is 313 g/mol. The van der Waals surface area contributed by atoms with E-state index in [0.29, 0.717) is 22.1 Å². The Morgan fingerprint density at radius 3 is 2.68 bits per heavy atom. The number of nitrogens with one attached hydrogen (secondary N) is 2. The molecule has 110 valence electrons. The second-order valence-electron chi connectivity index (χ2n) is 4.72. The number of H-pyrrole nitrogens is 1. The predicted molar refractivity (Wildman–Crippen MR) is 87.2 cm³/mol. The Morgan fingerprint density at radius 1 is 1.18 bits per heavy atom. The zero-order valence-electron chi connectivity index (χ0n) is 11.8. The highest BCUT2D eigenvalue weighted by atomic mass is 35.5. The van der Waals surface area contributed by atoms with Crippen LogP contribution in [0.15, 0.2) is 53.6 Å². The third-order valence-electron chi connectivity index (χ3n) is 3.18. The predicted octanol–water partition coefficient (Wildman–Crippen LogP) is 3.37. The van der Waals surface area contributed by atoms with E-state index in [1.165, 1.54) is 0 Å². The van der Waals surface area contributed by atoms with Gasteiger partial charge in [-0.15, -0.1) is 0 Å². The fraction of sp³-hybridized carbons (Fsp3) is 0.0625. The molecule has 0 atom stereocenters. The standard InChI is InChI=1S/C16H13ClN4O/c1-10(15-18-13-8-4-5-9-14(13)19-15)20-21-16(22)11-6-2-3-7-12(11)17/h2-9H,1H3,(H,18,19)(H,21,22). The fourth-order valence-electron chi connectivity index (χ4n) is 2.02. The number of imidazole rings is 1. The number of carbonyl (C=O) groups excluding carboxylic acids is 1. The lowest BCUT2D eigenvalue weighted by Gasteiger charge is -2.02. The second-order valence-corrected chi connectivity index (χ2v) is 5.13. The minimum Gasteiger partial charge on any atom is -0.337 e. The summed E-state index contributed by atoms with van der Waals surface area (Å²) >= 11 is 5.98. The molecule has 1 heterocycles. The number of nitrogens with zero attached hydrogens (tertiary/aromatic N) is 2. The molecule has 6 heteroatoms. The van der Waals surface area contributed by atoms with Crippen molar-refractivity contribution in [2.75, 3.05) is 0 Å². The van der Waals surface area contributed by atoms with E-state index >= 15 is 0 Å². The van der Waals surface area contributed by atoms with Crippen LogP contribution in [0.25, 0.3) is 11.0 Å². The van der Waals surface area contributed by atoms with E-state index in [4.69, 9.17) is 11.6 Å². The highest BCUT2D eigenvalue weighted by Gasteiger charge is 2.10. The van der Waals surface area contributed by atoms with Gasteiger partial charge >= 0.3 is 0 Å². The molecule has 0 bridgehead atoms. The van der Waals surface area contributed by atoms with Crippen LogP contribution in [0.2, 0.25) is 5.02 Å². The Bertz CT molecular complexity index is 836. The number of para-hydroxylation sites is 2. The van der Waals surface area contributed by atoms with Crippen LogP contribution < -0.4 is 5.43 Å².